The maximum atomic E-state index is 6.23. The Kier molecular flexibility index (Phi) is 4.21. The summed E-state index contributed by atoms with van der Waals surface area (Å²) in [6, 6.07) is 4.56. The molecule has 1 heterocycles. The van der Waals surface area contributed by atoms with E-state index in [4.69, 9.17) is 5.73 Å². The van der Waals surface area contributed by atoms with E-state index in [2.05, 4.69) is 17.5 Å². The van der Waals surface area contributed by atoms with E-state index in [-0.39, 0.29) is 6.04 Å². The van der Waals surface area contributed by atoms with Gasteiger partial charge in [0.2, 0.25) is 0 Å². The quantitative estimate of drug-likeness (QED) is 0.767. The van der Waals surface area contributed by atoms with Gasteiger partial charge in [-0.05, 0) is 23.8 Å². The Bertz CT molecular complexity index is 260. The van der Waals surface area contributed by atoms with Gasteiger partial charge in [-0.1, -0.05) is 44.6 Å². The normalized spacial score (nSPS) is 21.1. The van der Waals surface area contributed by atoms with Crippen molar-refractivity contribution in [2.45, 2.75) is 51.0 Å². The smallest absolute Gasteiger partial charge is 0.0392 e. The van der Waals surface area contributed by atoms with Crippen molar-refractivity contribution >= 4 is 11.3 Å². The van der Waals surface area contributed by atoms with Crippen molar-refractivity contribution in [3.05, 3.63) is 22.4 Å². The van der Waals surface area contributed by atoms with E-state index >= 15 is 0 Å². The Labute approximate surface area is 96.7 Å². The summed E-state index contributed by atoms with van der Waals surface area (Å²) in [7, 11) is 0. The molecule has 1 aromatic rings. The molecule has 2 N–H and O–H groups in total. The van der Waals surface area contributed by atoms with Crippen LogP contribution in [0.2, 0.25) is 0 Å². The SMILES string of the molecule is NC(CC1CCCCCC1)c1cccs1. The number of rotatable bonds is 3. The number of hydrogen-bond acceptors (Lipinski definition) is 2. The average Bonchev–Trinajstić information content (AvgIpc) is 2.65. The van der Waals surface area contributed by atoms with E-state index in [9.17, 15) is 0 Å². The van der Waals surface area contributed by atoms with Gasteiger partial charge in [0.15, 0.2) is 0 Å². The Morgan fingerprint density at radius 2 is 2.00 bits per heavy atom. The summed E-state index contributed by atoms with van der Waals surface area (Å²) in [6.07, 6.45) is 9.71. The molecular formula is C13H21NS. The Hall–Kier alpha value is -0.340. The highest BCUT2D eigenvalue weighted by Gasteiger charge is 2.17. The molecule has 1 saturated carbocycles. The summed E-state index contributed by atoms with van der Waals surface area (Å²) in [5.74, 6) is 0.879. The van der Waals surface area contributed by atoms with Crippen LogP contribution in [0.5, 0.6) is 0 Å². The predicted octanol–water partition coefficient (Wildman–Crippen LogP) is 4.11. The molecule has 2 rings (SSSR count). The van der Waals surface area contributed by atoms with Crippen LogP contribution < -0.4 is 5.73 Å². The second-order valence-electron chi connectivity index (χ2n) is 4.72. The van der Waals surface area contributed by atoms with Crippen molar-refractivity contribution in [1.29, 1.82) is 0 Å². The molecule has 1 fully saturated rings. The summed E-state index contributed by atoms with van der Waals surface area (Å²) >= 11 is 1.80. The van der Waals surface area contributed by atoms with Gasteiger partial charge in [0.1, 0.15) is 0 Å². The van der Waals surface area contributed by atoms with Gasteiger partial charge in [-0.15, -0.1) is 11.3 Å². The summed E-state index contributed by atoms with van der Waals surface area (Å²) in [5.41, 5.74) is 6.23. The van der Waals surface area contributed by atoms with Crippen LogP contribution in [0.15, 0.2) is 17.5 Å². The van der Waals surface area contributed by atoms with Crippen LogP contribution in [0.1, 0.15) is 55.9 Å². The summed E-state index contributed by atoms with van der Waals surface area (Å²) in [4.78, 5) is 1.36. The fourth-order valence-corrected chi connectivity index (χ4v) is 3.32. The van der Waals surface area contributed by atoms with E-state index in [0.717, 1.165) is 5.92 Å². The third kappa shape index (κ3) is 3.32. The molecule has 2 heteroatoms. The number of hydrogen-bond donors (Lipinski definition) is 1. The number of nitrogens with two attached hydrogens (primary N) is 1. The van der Waals surface area contributed by atoms with Gasteiger partial charge in [-0.2, -0.15) is 0 Å². The first kappa shape index (κ1) is 11.2. The third-order valence-corrected chi connectivity index (χ3v) is 4.47. The van der Waals surface area contributed by atoms with Crippen LogP contribution in [0.4, 0.5) is 0 Å². The molecule has 1 unspecified atom stereocenters. The minimum absolute atomic E-state index is 0.285. The Balaban J connectivity index is 1.84. The highest BCUT2D eigenvalue weighted by Crippen LogP contribution is 2.31. The van der Waals surface area contributed by atoms with Crippen LogP contribution in [0.3, 0.4) is 0 Å². The van der Waals surface area contributed by atoms with Crippen LogP contribution >= 0.6 is 11.3 Å². The van der Waals surface area contributed by atoms with E-state index in [0.29, 0.717) is 0 Å². The monoisotopic (exact) mass is 223 g/mol. The molecule has 0 aromatic carbocycles. The summed E-state index contributed by atoms with van der Waals surface area (Å²) in [6.45, 7) is 0. The van der Waals surface area contributed by atoms with Gasteiger partial charge in [0, 0.05) is 10.9 Å². The van der Waals surface area contributed by atoms with Gasteiger partial charge in [0.25, 0.3) is 0 Å². The molecule has 0 aliphatic heterocycles. The second kappa shape index (κ2) is 5.66. The van der Waals surface area contributed by atoms with Crippen LogP contribution in [-0.2, 0) is 0 Å². The first-order valence-electron chi connectivity index (χ1n) is 6.15. The lowest BCUT2D eigenvalue weighted by Gasteiger charge is -2.18. The molecule has 1 aliphatic carbocycles. The highest BCUT2D eigenvalue weighted by atomic mass is 32.1. The minimum Gasteiger partial charge on any atom is -0.323 e. The molecule has 15 heavy (non-hydrogen) atoms. The topological polar surface area (TPSA) is 26.0 Å². The van der Waals surface area contributed by atoms with E-state index < -0.39 is 0 Å². The third-order valence-electron chi connectivity index (χ3n) is 3.47. The highest BCUT2D eigenvalue weighted by molar-refractivity contribution is 7.10. The first-order chi connectivity index (χ1) is 7.36. The fraction of sp³-hybridized carbons (Fsp3) is 0.692. The molecule has 0 bridgehead atoms. The molecule has 0 spiro atoms. The molecule has 1 aliphatic rings. The summed E-state index contributed by atoms with van der Waals surface area (Å²) < 4.78 is 0. The zero-order valence-electron chi connectivity index (χ0n) is 9.32. The zero-order valence-corrected chi connectivity index (χ0v) is 10.1. The van der Waals surface area contributed by atoms with Crippen molar-refractivity contribution in [2.75, 3.05) is 0 Å². The molecule has 0 saturated heterocycles. The van der Waals surface area contributed by atoms with Crippen molar-refractivity contribution in [2.24, 2.45) is 11.7 Å². The van der Waals surface area contributed by atoms with Crippen molar-refractivity contribution < 1.29 is 0 Å². The van der Waals surface area contributed by atoms with E-state index in [1.165, 1.54) is 49.8 Å². The largest absolute Gasteiger partial charge is 0.323 e. The van der Waals surface area contributed by atoms with Gasteiger partial charge in [-0.3, -0.25) is 0 Å². The van der Waals surface area contributed by atoms with Crippen molar-refractivity contribution in [1.82, 2.24) is 0 Å². The molecule has 1 atom stereocenters. The first-order valence-corrected chi connectivity index (χ1v) is 7.03. The maximum Gasteiger partial charge on any atom is 0.0392 e. The van der Waals surface area contributed by atoms with Crippen LogP contribution in [0.25, 0.3) is 0 Å². The fourth-order valence-electron chi connectivity index (χ4n) is 2.58. The van der Waals surface area contributed by atoms with Crippen LogP contribution in [0, 0.1) is 5.92 Å². The van der Waals surface area contributed by atoms with Crippen molar-refractivity contribution in [3.8, 4) is 0 Å². The lowest BCUT2D eigenvalue weighted by Crippen LogP contribution is -2.14. The van der Waals surface area contributed by atoms with Gasteiger partial charge >= 0.3 is 0 Å². The molecule has 1 nitrogen and oxygen atoms in total. The van der Waals surface area contributed by atoms with E-state index in [1.807, 2.05) is 0 Å². The van der Waals surface area contributed by atoms with Crippen LogP contribution in [-0.4, -0.2) is 0 Å². The van der Waals surface area contributed by atoms with Gasteiger partial charge < -0.3 is 5.73 Å². The molecular weight excluding hydrogens is 202 g/mol. The lowest BCUT2D eigenvalue weighted by molar-refractivity contribution is 0.395. The average molecular weight is 223 g/mol. The van der Waals surface area contributed by atoms with E-state index in [1.54, 1.807) is 11.3 Å². The molecule has 0 radical (unpaired) electrons. The molecule has 0 amide bonds. The molecule has 84 valence electrons. The number of thiophene rings is 1. The van der Waals surface area contributed by atoms with Gasteiger partial charge in [-0.25, -0.2) is 0 Å². The summed E-state index contributed by atoms with van der Waals surface area (Å²) in [5, 5.41) is 2.13. The maximum absolute atomic E-state index is 6.23. The predicted molar refractivity (Wildman–Crippen MR) is 67.1 cm³/mol. The lowest BCUT2D eigenvalue weighted by atomic mass is 9.92. The Morgan fingerprint density at radius 3 is 2.60 bits per heavy atom. The van der Waals surface area contributed by atoms with Crippen molar-refractivity contribution in [3.63, 3.8) is 0 Å². The van der Waals surface area contributed by atoms with Gasteiger partial charge in [0.05, 0.1) is 0 Å². The Morgan fingerprint density at radius 1 is 1.27 bits per heavy atom. The minimum atomic E-state index is 0.285. The molecule has 1 aromatic heterocycles. The second-order valence-corrected chi connectivity index (χ2v) is 5.69. The standard InChI is InChI=1S/C13H21NS/c14-12(13-8-5-9-15-13)10-11-6-3-1-2-4-7-11/h5,8-9,11-12H,1-4,6-7,10,14H2. The zero-order chi connectivity index (χ0) is 10.5.